The van der Waals surface area contributed by atoms with E-state index < -0.39 is 0 Å². The van der Waals surface area contributed by atoms with Crippen molar-refractivity contribution in [3.8, 4) is 0 Å². The molecule has 5 heteroatoms. The van der Waals surface area contributed by atoms with Gasteiger partial charge in [0.15, 0.2) is 0 Å². The number of nitrogens with one attached hydrogen (secondary N) is 1. The number of hydrogen-bond donors (Lipinski definition) is 1. The van der Waals surface area contributed by atoms with Gasteiger partial charge in [0.05, 0.1) is 24.0 Å². The van der Waals surface area contributed by atoms with Gasteiger partial charge in [0.1, 0.15) is 0 Å². The maximum Gasteiger partial charge on any atom is 0.0781 e. The van der Waals surface area contributed by atoms with Crippen LogP contribution in [0.3, 0.4) is 0 Å². The number of rotatable bonds is 8. The molecule has 17 heavy (non-hydrogen) atoms. The van der Waals surface area contributed by atoms with Crippen LogP contribution < -0.4 is 5.32 Å². The molecule has 0 bridgehead atoms. The highest BCUT2D eigenvalue weighted by molar-refractivity contribution is 5.04. The van der Waals surface area contributed by atoms with Crippen molar-refractivity contribution in [2.75, 3.05) is 13.7 Å². The largest absolute Gasteiger partial charge is 0.379 e. The monoisotopic (exact) mass is 240 g/mol. The normalized spacial score (nSPS) is 14.8. The van der Waals surface area contributed by atoms with E-state index in [9.17, 15) is 0 Å². The molecule has 0 aliphatic heterocycles. The van der Waals surface area contributed by atoms with E-state index in [0.717, 1.165) is 31.5 Å². The number of nitrogens with zero attached hydrogens (tertiary/aromatic N) is 3. The minimum atomic E-state index is 0.167. The Labute approximate surface area is 104 Å². The van der Waals surface area contributed by atoms with Crippen LogP contribution in [0, 0.1) is 0 Å². The van der Waals surface area contributed by atoms with Crippen molar-refractivity contribution < 1.29 is 4.74 Å². The first-order valence-corrected chi connectivity index (χ1v) is 6.35. The van der Waals surface area contributed by atoms with Crippen molar-refractivity contribution in [2.24, 2.45) is 7.05 Å². The lowest BCUT2D eigenvalue weighted by atomic mass is 10.0. The standard InChI is InChI=1S/C12H24N4O/c1-5-7-11(17-4)12(13-8-6-2)10-9-14-15-16(10)3/h9,11-13H,5-8H2,1-4H3. The predicted octanol–water partition coefficient (Wildman–Crippen LogP) is 1.67. The van der Waals surface area contributed by atoms with Crippen molar-refractivity contribution in [1.82, 2.24) is 20.3 Å². The van der Waals surface area contributed by atoms with Gasteiger partial charge in [-0.05, 0) is 19.4 Å². The Morgan fingerprint density at radius 1 is 1.41 bits per heavy atom. The van der Waals surface area contributed by atoms with Gasteiger partial charge in [0.2, 0.25) is 0 Å². The molecule has 2 atom stereocenters. The van der Waals surface area contributed by atoms with Crippen molar-refractivity contribution >= 4 is 0 Å². The topological polar surface area (TPSA) is 52.0 Å². The molecule has 1 aromatic rings. The second-order valence-electron chi connectivity index (χ2n) is 4.28. The van der Waals surface area contributed by atoms with Gasteiger partial charge in [-0.15, -0.1) is 5.10 Å². The summed E-state index contributed by atoms with van der Waals surface area (Å²) in [6.45, 7) is 5.30. The second kappa shape index (κ2) is 7.40. The van der Waals surface area contributed by atoms with Crippen LogP contribution in [0.1, 0.15) is 44.8 Å². The van der Waals surface area contributed by atoms with Gasteiger partial charge in [-0.25, -0.2) is 0 Å². The minimum Gasteiger partial charge on any atom is -0.379 e. The van der Waals surface area contributed by atoms with Gasteiger partial charge in [0.25, 0.3) is 0 Å². The van der Waals surface area contributed by atoms with E-state index in [2.05, 4.69) is 29.5 Å². The maximum absolute atomic E-state index is 5.60. The highest BCUT2D eigenvalue weighted by Crippen LogP contribution is 2.21. The molecule has 5 nitrogen and oxygen atoms in total. The Balaban J connectivity index is 2.82. The summed E-state index contributed by atoms with van der Waals surface area (Å²) in [4.78, 5) is 0. The highest BCUT2D eigenvalue weighted by atomic mass is 16.5. The third-order valence-electron chi connectivity index (χ3n) is 2.93. The van der Waals surface area contributed by atoms with Crippen molar-refractivity contribution in [3.05, 3.63) is 11.9 Å². The third kappa shape index (κ3) is 3.78. The van der Waals surface area contributed by atoms with E-state index in [4.69, 9.17) is 4.74 Å². The Morgan fingerprint density at radius 2 is 2.18 bits per heavy atom. The Kier molecular flexibility index (Phi) is 6.15. The van der Waals surface area contributed by atoms with Crippen molar-refractivity contribution in [3.63, 3.8) is 0 Å². The third-order valence-corrected chi connectivity index (χ3v) is 2.93. The van der Waals surface area contributed by atoms with Crippen LogP contribution in [-0.4, -0.2) is 34.8 Å². The predicted molar refractivity (Wildman–Crippen MR) is 67.7 cm³/mol. The molecule has 1 heterocycles. The van der Waals surface area contributed by atoms with Crippen LogP contribution in [0.15, 0.2) is 6.20 Å². The molecule has 0 amide bonds. The molecule has 98 valence electrons. The molecule has 0 radical (unpaired) electrons. The summed E-state index contributed by atoms with van der Waals surface area (Å²) in [7, 11) is 3.69. The molecular weight excluding hydrogens is 216 g/mol. The summed E-state index contributed by atoms with van der Waals surface area (Å²) in [6.07, 6.45) is 5.22. The fourth-order valence-corrected chi connectivity index (χ4v) is 2.01. The van der Waals surface area contributed by atoms with Crippen LogP contribution in [0.5, 0.6) is 0 Å². The number of methoxy groups -OCH3 is 1. The van der Waals surface area contributed by atoms with Gasteiger partial charge >= 0.3 is 0 Å². The molecule has 1 N–H and O–H groups in total. The molecule has 0 aliphatic carbocycles. The minimum absolute atomic E-state index is 0.167. The van der Waals surface area contributed by atoms with E-state index in [1.54, 1.807) is 7.11 Å². The zero-order chi connectivity index (χ0) is 12.7. The van der Waals surface area contributed by atoms with Crippen molar-refractivity contribution in [2.45, 2.75) is 45.3 Å². The Bertz CT molecular complexity index is 313. The van der Waals surface area contributed by atoms with Gasteiger partial charge < -0.3 is 10.1 Å². The van der Waals surface area contributed by atoms with Gasteiger partial charge in [0, 0.05) is 14.2 Å². The zero-order valence-corrected chi connectivity index (χ0v) is 11.3. The van der Waals surface area contributed by atoms with E-state index >= 15 is 0 Å². The lowest BCUT2D eigenvalue weighted by Crippen LogP contribution is -2.35. The molecule has 0 fully saturated rings. The first-order valence-electron chi connectivity index (χ1n) is 6.35. The molecule has 1 rings (SSSR count). The summed E-state index contributed by atoms with van der Waals surface area (Å²) in [5.74, 6) is 0. The fourth-order valence-electron chi connectivity index (χ4n) is 2.01. The molecule has 0 spiro atoms. The summed E-state index contributed by atoms with van der Waals surface area (Å²) in [5, 5.41) is 11.5. The summed E-state index contributed by atoms with van der Waals surface area (Å²) < 4.78 is 7.41. The quantitative estimate of drug-likeness (QED) is 0.751. The lowest BCUT2D eigenvalue weighted by molar-refractivity contribution is 0.0581. The molecule has 0 saturated carbocycles. The lowest BCUT2D eigenvalue weighted by Gasteiger charge is -2.26. The van der Waals surface area contributed by atoms with Gasteiger partial charge in [-0.3, -0.25) is 4.68 Å². The molecule has 0 aliphatic rings. The van der Waals surface area contributed by atoms with Crippen LogP contribution in [0.4, 0.5) is 0 Å². The first kappa shape index (κ1) is 14.1. The van der Waals surface area contributed by atoms with Crippen LogP contribution in [-0.2, 0) is 11.8 Å². The van der Waals surface area contributed by atoms with Gasteiger partial charge in [-0.2, -0.15) is 0 Å². The molecule has 2 unspecified atom stereocenters. The SMILES string of the molecule is CCCNC(c1cnnn1C)C(CCC)OC. The van der Waals surface area contributed by atoms with E-state index in [0.29, 0.717) is 0 Å². The number of aromatic nitrogens is 3. The zero-order valence-electron chi connectivity index (χ0n) is 11.3. The molecular formula is C12H24N4O. The fraction of sp³-hybridized carbons (Fsp3) is 0.833. The maximum atomic E-state index is 5.60. The molecule has 1 aromatic heterocycles. The smallest absolute Gasteiger partial charge is 0.0781 e. The average molecular weight is 240 g/mol. The van der Waals surface area contributed by atoms with Crippen molar-refractivity contribution in [1.29, 1.82) is 0 Å². The van der Waals surface area contributed by atoms with E-state index in [-0.39, 0.29) is 12.1 Å². The second-order valence-corrected chi connectivity index (χ2v) is 4.28. The number of aryl methyl sites for hydroxylation is 1. The number of ether oxygens (including phenoxy) is 1. The highest BCUT2D eigenvalue weighted by Gasteiger charge is 2.24. The van der Waals surface area contributed by atoms with Crippen LogP contribution >= 0.6 is 0 Å². The molecule has 0 saturated heterocycles. The van der Waals surface area contributed by atoms with Crippen LogP contribution in [0.25, 0.3) is 0 Å². The van der Waals surface area contributed by atoms with Crippen LogP contribution in [0.2, 0.25) is 0 Å². The first-order chi connectivity index (χ1) is 8.24. The van der Waals surface area contributed by atoms with Gasteiger partial charge in [-0.1, -0.05) is 25.5 Å². The van der Waals surface area contributed by atoms with E-state index in [1.807, 2.05) is 17.9 Å². The summed E-state index contributed by atoms with van der Waals surface area (Å²) in [5.41, 5.74) is 1.08. The number of hydrogen-bond acceptors (Lipinski definition) is 4. The summed E-state index contributed by atoms with van der Waals surface area (Å²) >= 11 is 0. The average Bonchev–Trinajstić information content (AvgIpc) is 2.75. The Hall–Kier alpha value is -0.940. The molecule has 0 aromatic carbocycles. The summed E-state index contributed by atoms with van der Waals surface area (Å²) in [6, 6.07) is 0.167. The van der Waals surface area contributed by atoms with E-state index in [1.165, 1.54) is 0 Å². The Morgan fingerprint density at radius 3 is 2.65 bits per heavy atom.